The van der Waals surface area contributed by atoms with Crippen molar-refractivity contribution >= 4 is 0 Å². The highest BCUT2D eigenvalue weighted by Crippen LogP contribution is 2.31. The molecule has 0 saturated carbocycles. The molecule has 0 aliphatic rings. The molecule has 0 amide bonds. The third-order valence-electron chi connectivity index (χ3n) is 3.65. The van der Waals surface area contributed by atoms with Crippen LogP contribution in [0.1, 0.15) is 31.2 Å². The Morgan fingerprint density at radius 2 is 1.88 bits per heavy atom. The van der Waals surface area contributed by atoms with Gasteiger partial charge in [0.05, 0.1) is 33.1 Å². The largest absolute Gasteiger partial charge is 0.493 e. The first-order valence-corrected chi connectivity index (χ1v) is 8.20. The maximum absolute atomic E-state index is 5.79. The third kappa shape index (κ3) is 5.01. The highest BCUT2D eigenvalue weighted by atomic mass is 16.5. The zero-order valence-electron chi connectivity index (χ0n) is 14.9. The Bertz CT molecular complexity index is 595. The number of furan rings is 1. The molecule has 2 aromatic rings. The maximum Gasteiger partial charge on any atom is 0.165 e. The van der Waals surface area contributed by atoms with Gasteiger partial charge in [0.15, 0.2) is 11.5 Å². The third-order valence-corrected chi connectivity index (χ3v) is 3.65. The lowest BCUT2D eigenvalue weighted by Gasteiger charge is -2.19. The summed E-state index contributed by atoms with van der Waals surface area (Å²) >= 11 is 0. The minimum atomic E-state index is -0.0188. The van der Waals surface area contributed by atoms with Gasteiger partial charge in [0.25, 0.3) is 0 Å². The molecule has 0 aliphatic carbocycles. The van der Waals surface area contributed by atoms with Gasteiger partial charge >= 0.3 is 0 Å². The molecule has 0 fully saturated rings. The van der Waals surface area contributed by atoms with Crippen LogP contribution >= 0.6 is 0 Å². The molecule has 1 unspecified atom stereocenters. The average Bonchev–Trinajstić information content (AvgIpc) is 3.11. The molecule has 1 aromatic carbocycles. The van der Waals surface area contributed by atoms with E-state index in [1.54, 1.807) is 20.5 Å². The number of ether oxygens (including phenoxy) is 3. The van der Waals surface area contributed by atoms with E-state index < -0.39 is 0 Å². The fourth-order valence-corrected chi connectivity index (χ4v) is 2.48. The van der Waals surface area contributed by atoms with Crippen molar-refractivity contribution in [3.05, 3.63) is 47.9 Å². The van der Waals surface area contributed by atoms with Crippen molar-refractivity contribution in [2.24, 2.45) is 5.92 Å². The number of benzene rings is 1. The number of nitrogens with one attached hydrogen (secondary N) is 1. The molecule has 0 aliphatic heterocycles. The lowest BCUT2D eigenvalue weighted by Crippen LogP contribution is -2.26. The summed E-state index contributed by atoms with van der Waals surface area (Å²) in [6.07, 6.45) is 1.68. The molecule has 0 spiro atoms. The second-order valence-corrected chi connectivity index (χ2v) is 6.03. The molecule has 1 N–H and O–H groups in total. The molecule has 2 rings (SSSR count). The van der Waals surface area contributed by atoms with Crippen LogP contribution in [0.3, 0.4) is 0 Å². The standard InChI is InChI=1S/C19H27NO4/c1-14(2)12-23-13-16(17-9-6-10-24-17)20-11-15-7-5-8-18(21-3)19(15)22-4/h5-10,14,16,20H,11-13H2,1-4H3. The number of rotatable bonds is 10. The van der Waals surface area contributed by atoms with E-state index in [4.69, 9.17) is 18.6 Å². The monoisotopic (exact) mass is 333 g/mol. The van der Waals surface area contributed by atoms with Crippen LogP contribution in [0, 0.1) is 5.92 Å². The van der Waals surface area contributed by atoms with Crippen LogP contribution in [-0.2, 0) is 11.3 Å². The highest BCUT2D eigenvalue weighted by molar-refractivity contribution is 5.46. The van der Waals surface area contributed by atoms with Crippen LogP contribution in [-0.4, -0.2) is 27.4 Å². The molecule has 1 atom stereocenters. The summed E-state index contributed by atoms with van der Waals surface area (Å²) in [5, 5.41) is 3.48. The molecule has 24 heavy (non-hydrogen) atoms. The van der Waals surface area contributed by atoms with Gasteiger partial charge in [-0.1, -0.05) is 26.0 Å². The quantitative estimate of drug-likeness (QED) is 0.717. The van der Waals surface area contributed by atoms with E-state index in [1.165, 1.54) is 0 Å². The van der Waals surface area contributed by atoms with Gasteiger partial charge in [-0.25, -0.2) is 0 Å². The fourth-order valence-electron chi connectivity index (χ4n) is 2.48. The lowest BCUT2D eigenvalue weighted by atomic mass is 10.1. The molecule has 5 nitrogen and oxygen atoms in total. The minimum Gasteiger partial charge on any atom is -0.493 e. The molecule has 0 radical (unpaired) electrons. The summed E-state index contributed by atoms with van der Waals surface area (Å²) in [7, 11) is 3.29. The molecule has 1 aromatic heterocycles. The molecule has 5 heteroatoms. The Balaban J connectivity index is 2.05. The molecule has 1 heterocycles. The first-order chi connectivity index (χ1) is 11.7. The van der Waals surface area contributed by atoms with E-state index in [2.05, 4.69) is 19.2 Å². The van der Waals surface area contributed by atoms with E-state index in [0.717, 1.165) is 29.4 Å². The van der Waals surface area contributed by atoms with Crippen molar-refractivity contribution in [3.8, 4) is 11.5 Å². The molecular formula is C19H27NO4. The van der Waals surface area contributed by atoms with Crippen molar-refractivity contribution < 1.29 is 18.6 Å². The van der Waals surface area contributed by atoms with Gasteiger partial charge in [-0.3, -0.25) is 0 Å². The van der Waals surface area contributed by atoms with Gasteiger partial charge in [0.1, 0.15) is 5.76 Å². The Morgan fingerprint density at radius 3 is 2.50 bits per heavy atom. The zero-order chi connectivity index (χ0) is 17.4. The van der Waals surface area contributed by atoms with E-state index in [0.29, 0.717) is 19.1 Å². The van der Waals surface area contributed by atoms with Crippen molar-refractivity contribution in [1.82, 2.24) is 5.32 Å². The van der Waals surface area contributed by atoms with Crippen LogP contribution in [0.2, 0.25) is 0 Å². The molecule has 0 bridgehead atoms. The topological polar surface area (TPSA) is 52.9 Å². The normalized spacial score (nSPS) is 12.4. The fraction of sp³-hybridized carbons (Fsp3) is 0.474. The van der Waals surface area contributed by atoms with Crippen molar-refractivity contribution in [3.63, 3.8) is 0 Å². The Kier molecular flexibility index (Phi) is 7.15. The van der Waals surface area contributed by atoms with Crippen LogP contribution in [0.15, 0.2) is 41.0 Å². The Hall–Kier alpha value is -1.98. The Labute approximate surface area is 143 Å². The summed E-state index contributed by atoms with van der Waals surface area (Å²) in [6, 6.07) is 9.68. The molecule has 132 valence electrons. The van der Waals surface area contributed by atoms with Gasteiger partial charge in [-0.05, 0) is 24.1 Å². The predicted octanol–water partition coefficient (Wildman–Crippen LogP) is 3.80. The summed E-state index contributed by atoms with van der Waals surface area (Å²) in [5.74, 6) is 2.83. The smallest absolute Gasteiger partial charge is 0.165 e. The van der Waals surface area contributed by atoms with Gasteiger partial charge in [-0.15, -0.1) is 0 Å². The van der Waals surface area contributed by atoms with E-state index in [9.17, 15) is 0 Å². The van der Waals surface area contributed by atoms with Crippen molar-refractivity contribution in [2.45, 2.75) is 26.4 Å². The van der Waals surface area contributed by atoms with E-state index in [-0.39, 0.29) is 6.04 Å². The minimum absolute atomic E-state index is 0.0188. The molecular weight excluding hydrogens is 306 g/mol. The second-order valence-electron chi connectivity index (χ2n) is 6.03. The zero-order valence-corrected chi connectivity index (χ0v) is 14.9. The molecule has 0 saturated heterocycles. The maximum atomic E-state index is 5.79. The van der Waals surface area contributed by atoms with E-state index in [1.807, 2.05) is 30.3 Å². The SMILES string of the molecule is COc1cccc(CNC(COCC(C)C)c2ccco2)c1OC. The number of hydrogen-bond acceptors (Lipinski definition) is 5. The van der Waals surface area contributed by atoms with Crippen LogP contribution in [0.25, 0.3) is 0 Å². The van der Waals surface area contributed by atoms with Gasteiger partial charge in [-0.2, -0.15) is 0 Å². The second kappa shape index (κ2) is 9.35. The summed E-state index contributed by atoms with van der Waals surface area (Å²) in [6.45, 7) is 6.17. The van der Waals surface area contributed by atoms with E-state index >= 15 is 0 Å². The Morgan fingerprint density at radius 1 is 1.04 bits per heavy atom. The highest BCUT2D eigenvalue weighted by Gasteiger charge is 2.16. The van der Waals surface area contributed by atoms with Crippen LogP contribution in [0.5, 0.6) is 11.5 Å². The number of para-hydroxylation sites is 1. The predicted molar refractivity (Wildman–Crippen MR) is 93.5 cm³/mol. The van der Waals surface area contributed by atoms with Gasteiger partial charge in [0.2, 0.25) is 0 Å². The number of methoxy groups -OCH3 is 2. The first-order valence-electron chi connectivity index (χ1n) is 8.20. The van der Waals surface area contributed by atoms with Crippen molar-refractivity contribution in [2.75, 3.05) is 27.4 Å². The van der Waals surface area contributed by atoms with Crippen molar-refractivity contribution in [1.29, 1.82) is 0 Å². The summed E-state index contributed by atoms with van der Waals surface area (Å²) in [5.41, 5.74) is 1.03. The van der Waals surface area contributed by atoms with Crippen LogP contribution in [0.4, 0.5) is 0 Å². The lowest BCUT2D eigenvalue weighted by molar-refractivity contribution is 0.0844. The van der Waals surface area contributed by atoms with Gasteiger partial charge in [0, 0.05) is 18.7 Å². The summed E-state index contributed by atoms with van der Waals surface area (Å²) < 4.78 is 22.2. The van der Waals surface area contributed by atoms with Gasteiger partial charge < -0.3 is 23.9 Å². The number of hydrogen-bond donors (Lipinski definition) is 1. The summed E-state index contributed by atoms with van der Waals surface area (Å²) in [4.78, 5) is 0. The van der Waals surface area contributed by atoms with Crippen LogP contribution < -0.4 is 14.8 Å². The first kappa shape index (κ1) is 18.4. The average molecular weight is 333 g/mol.